The lowest BCUT2D eigenvalue weighted by molar-refractivity contribution is -0.135. The van der Waals surface area contributed by atoms with Crippen LogP contribution < -0.4 is 16.2 Å². The summed E-state index contributed by atoms with van der Waals surface area (Å²) in [7, 11) is 0. The standard InChI is InChI=1S/C23H29N5O2/c29-22(24-16-18-7-3-1-4-8-18)17-27-11-13-28(14-12-27)23(30)21-15-20(25-26-21)19-9-5-2-6-10-19/h1-10,20-21,25-26H,11-17H2,(H,24,29). The van der Waals surface area contributed by atoms with Gasteiger partial charge >= 0.3 is 0 Å². The number of piperazine rings is 1. The summed E-state index contributed by atoms with van der Waals surface area (Å²) in [5.41, 5.74) is 8.68. The van der Waals surface area contributed by atoms with Crippen molar-refractivity contribution in [2.24, 2.45) is 0 Å². The van der Waals surface area contributed by atoms with Crippen LogP contribution in [-0.4, -0.2) is 60.4 Å². The first-order chi connectivity index (χ1) is 14.7. The van der Waals surface area contributed by atoms with Gasteiger partial charge in [0.15, 0.2) is 0 Å². The van der Waals surface area contributed by atoms with Crippen molar-refractivity contribution < 1.29 is 9.59 Å². The van der Waals surface area contributed by atoms with E-state index < -0.39 is 0 Å². The molecule has 7 heteroatoms. The van der Waals surface area contributed by atoms with Gasteiger partial charge in [-0.2, -0.15) is 0 Å². The van der Waals surface area contributed by atoms with E-state index in [9.17, 15) is 9.59 Å². The lowest BCUT2D eigenvalue weighted by Crippen LogP contribution is -2.54. The van der Waals surface area contributed by atoms with Crippen LogP contribution in [0.15, 0.2) is 60.7 Å². The summed E-state index contributed by atoms with van der Waals surface area (Å²) >= 11 is 0. The van der Waals surface area contributed by atoms with E-state index in [1.54, 1.807) is 0 Å². The van der Waals surface area contributed by atoms with Crippen molar-refractivity contribution in [3.8, 4) is 0 Å². The number of carbonyl (C=O) groups is 2. The number of nitrogens with one attached hydrogen (secondary N) is 3. The van der Waals surface area contributed by atoms with Crippen LogP contribution in [0.25, 0.3) is 0 Å². The molecule has 2 amide bonds. The molecule has 3 N–H and O–H groups in total. The summed E-state index contributed by atoms with van der Waals surface area (Å²) in [5, 5.41) is 2.97. The SMILES string of the molecule is O=C(CN1CCN(C(=O)C2CC(c3ccccc3)NN2)CC1)NCc1ccccc1. The van der Waals surface area contributed by atoms with Crippen molar-refractivity contribution in [1.29, 1.82) is 0 Å². The summed E-state index contributed by atoms with van der Waals surface area (Å²) in [5.74, 6) is 0.153. The number of nitrogens with zero attached hydrogens (tertiary/aromatic N) is 2. The normalized spacial score (nSPS) is 22.1. The molecule has 4 rings (SSSR count). The second-order valence-corrected chi connectivity index (χ2v) is 7.90. The highest BCUT2D eigenvalue weighted by atomic mass is 16.2. The Morgan fingerprint density at radius 3 is 2.27 bits per heavy atom. The van der Waals surface area contributed by atoms with Crippen molar-refractivity contribution in [1.82, 2.24) is 26.0 Å². The number of rotatable bonds is 6. The van der Waals surface area contributed by atoms with Gasteiger partial charge < -0.3 is 10.2 Å². The molecule has 2 fully saturated rings. The fraction of sp³-hybridized carbons (Fsp3) is 0.391. The van der Waals surface area contributed by atoms with Crippen LogP contribution in [0.4, 0.5) is 0 Å². The average Bonchev–Trinajstić information content (AvgIpc) is 3.29. The van der Waals surface area contributed by atoms with Gasteiger partial charge in [0.2, 0.25) is 11.8 Å². The Bertz CT molecular complexity index is 837. The van der Waals surface area contributed by atoms with Gasteiger partial charge in [0.25, 0.3) is 0 Å². The second-order valence-electron chi connectivity index (χ2n) is 7.90. The van der Waals surface area contributed by atoms with E-state index in [2.05, 4.69) is 33.2 Å². The predicted molar refractivity (Wildman–Crippen MR) is 115 cm³/mol. The number of benzene rings is 2. The Balaban J connectivity index is 1.19. The highest BCUT2D eigenvalue weighted by Gasteiger charge is 2.34. The lowest BCUT2D eigenvalue weighted by Gasteiger charge is -2.35. The molecule has 2 aromatic rings. The largest absolute Gasteiger partial charge is 0.351 e. The van der Waals surface area contributed by atoms with Crippen LogP contribution in [0.2, 0.25) is 0 Å². The Labute approximate surface area is 177 Å². The molecule has 2 aromatic carbocycles. The Hall–Kier alpha value is -2.74. The fourth-order valence-electron chi connectivity index (χ4n) is 4.02. The zero-order valence-corrected chi connectivity index (χ0v) is 17.1. The van der Waals surface area contributed by atoms with Gasteiger partial charge in [0.05, 0.1) is 6.54 Å². The molecular weight excluding hydrogens is 378 g/mol. The van der Waals surface area contributed by atoms with E-state index >= 15 is 0 Å². The van der Waals surface area contributed by atoms with Gasteiger partial charge in [-0.15, -0.1) is 0 Å². The van der Waals surface area contributed by atoms with E-state index in [1.807, 2.05) is 53.4 Å². The van der Waals surface area contributed by atoms with Crippen molar-refractivity contribution in [3.05, 3.63) is 71.8 Å². The molecule has 2 atom stereocenters. The topological polar surface area (TPSA) is 76.7 Å². The number of amides is 2. The van der Waals surface area contributed by atoms with Crippen LogP contribution in [0, 0.1) is 0 Å². The van der Waals surface area contributed by atoms with Gasteiger partial charge in [-0.05, 0) is 17.5 Å². The zero-order valence-electron chi connectivity index (χ0n) is 17.1. The number of carbonyl (C=O) groups excluding carboxylic acids is 2. The zero-order chi connectivity index (χ0) is 20.8. The quantitative estimate of drug-likeness (QED) is 0.668. The van der Waals surface area contributed by atoms with Gasteiger partial charge in [0.1, 0.15) is 6.04 Å². The summed E-state index contributed by atoms with van der Waals surface area (Å²) in [6, 6.07) is 20.0. The molecular formula is C23H29N5O2. The van der Waals surface area contributed by atoms with Gasteiger partial charge in [0, 0.05) is 38.8 Å². The molecule has 2 aliphatic rings. The summed E-state index contributed by atoms with van der Waals surface area (Å²) < 4.78 is 0. The third-order valence-electron chi connectivity index (χ3n) is 5.79. The summed E-state index contributed by atoms with van der Waals surface area (Å²) in [6.07, 6.45) is 0.741. The Morgan fingerprint density at radius 1 is 0.900 bits per heavy atom. The average molecular weight is 408 g/mol. The van der Waals surface area contributed by atoms with Crippen molar-refractivity contribution >= 4 is 11.8 Å². The van der Waals surface area contributed by atoms with E-state index in [4.69, 9.17) is 0 Å². The molecule has 30 heavy (non-hydrogen) atoms. The maximum Gasteiger partial charge on any atom is 0.241 e. The molecule has 158 valence electrons. The van der Waals surface area contributed by atoms with Crippen molar-refractivity contribution in [2.75, 3.05) is 32.7 Å². The smallest absolute Gasteiger partial charge is 0.241 e. The molecule has 0 radical (unpaired) electrons. The predicted octanol–water partition coefficient (Wildman–Crippen LogP) is 1.05. The first kappa shape index (κ1) is 20.5. The van der Waals surface area contributed by atoms with Crippen LogP contribution in [-0.2, 0) is 16.1 Å². The molecule has 2 unspecified atom stereocenters. The first-order valence-corrected chi connectivity index (χ1v) is 10.6. The number of hydrazine groups is 1. The van der Waals surface area contributed by atoms with Crippen molar-refractivity contribution in [2.45, 2.75) is 25.0 Å². The summed E-state index contributed by atoms with van der Waals surface area (Å²) in [4.78, 5) is 29.1. The number of hydrogen-bond donors (Lipinski definition) is 3. The molecule has 0 spiro atoms. The second kappa shape index (κ2) is 9.84. The van der Waals surface area contributed by atoms with Crippen LogP contribution in [0.3, 0.4) is 0 Å². The molecule has 0 saturated carbocycles. The van der Waals surface area contributed by atoms with Crippen LogP contribution in [0.1, 0.15) is 23.6 Å². The molecule has 0 bridgehead atoms. The van der Waals surface area contributed by atoms with Crippen molar-refractivity contribution in [3.63, 3.8) is 0 Å². The maximum absolute atomic E-state index is 12.9. The highest BCUT2D eigenvalue weighted by Crippen LogP contribution is 2.23. The van der Waals surface area contributed by atoms with Gasteiger partial charge in [-0.25, -0.2) is 10.9 Å². The van der Waals surface area contributed by atoms with E-state index in [-0.39, 0.29) is 23.9 Å². The highest BCUT2D eigenvalue weighted by molar-refractivity contribution is 5.82. The first-order valence-electron chi connectivity index (χ1n) is 10.6. The fourth-order valence-corrected chi connectivity index (χ4v) is 4.02. The summed E-state index contributed by atoms with van der Waals surface area (Å²) in [6.45, 7) is 3.65. The van der Waals surface area contributed by atoms with Gasteiger partial charge in [-0.1, -0.05) is 60.7 Å². The van der Waals surface area contributed by atoms with E-state index in [0.29, 0.717) is 39.3 Å². The third-order valence-corrected chi connectivity index (χ3v) is 5.79. The van der Waals surface area contributed by atoms with Crippen LogP contribution in [0.5, 0.6) is 0 Å². The molecule has 2 saturated heterocycles. The van der Waals surface area contributed by atoms with E-state index in [0.717, 1.165) is 12.0 Å². The maximum atomic E-state index is 12.9. The number of hydrogen-bond acceptors (Lipinski definition) is 5. The molecule has 0 aromatic heterocycles. The Kier molecular flexibility index (Phi) is 6.74. The third kappa shape index (κ3) is 5.24. The monoisotopic (exact) mass is 407 g/mol. The lowest BCUT2D eigenvalue weighted by atomic mass is 10.0. The minimum atomic E-state index is -0.212. The molecule has 7 nitrogen and oxygen atoms in total. The minimum absolute atomic E-state index is 0.0194. The van der Waals surface area contributed by atoms with Gasteiger partial charge in [-0.3, -0.25) is 14.5 Å². The Morgan fingerprint density at radius 2 is 1.57 bits per heavy atom. The van der Waals surface area contributed by atoms with E-state index in [1.165, 1.54) is 5.56 Å². The molecule has 2 heterocycles. The molecule has 0 aliphatic carbocycles. The van der Waals surface area contributed by atoms with Crippen LogP contribution >= 0.6 is 0 Å². The minimum Gasteiger partial charge on any atom is -0.351 e. The molecule has 2 aliphatic heterocycles.